The van der Waals surface area contributed by atoms with E-state index in [0.717, 1.165) is 6.07 Å². The van der Waals surface area contributed by atoms with Crippen molar-refractivity contribution in [3.05, 3.63) is 58.8 Å². The fraction of sp³-hybridized carbons (Fsp3) is 0.118. The van der Waals surface area contributed by atoms with Crippen molar-refractivity contribution in [1.82, 2.24) is 5.48 Å². The number of hydrogen-bond donors (Lipinski definition) is 4. The Morgan fingerprint density at radius 1 is 1.24 bits per heavy atom. The molecule has 130 valence electrons. The lowest BCUT2D eigenvalue weighted by Crippen LogP contribution is -2.40. The van der Waals surface area contributed by atoms with Crippen LogP contribution in [-0.4, -0.2) is 21.2 Å². The molecule has 1 atom stereocenters. The molecule has 0 fully saturated rings. The Kier molecular flexibility index (Phi) is 4.30. The number of phenols is 2. The summed E-state index contributed by atoms with van der Waals surface area (Å²) < 4.78 is 5.42. The molecule has 3 rings (SSSR count). The molecule has 1 aliphatic rings. The summed E-state index contributed by atoms with van der Waals surface area (Å²) in [6.45, 7) is 1.20. The largest absolute Gasteiger partial charge is 0.508 e. The van der Waals surface area contributed by atoms with Crippen LogP contribution in [0.15, 0.2) is 42.7 Å². The summed E-state index contributed by atoms with van der Waals surface area (Å²) in [6.07, 6.45) is 1.20. The number of nitrogens with one attached hydrogen (secondary N) is 1. The summed E-state index contributed by atoms with van der Waals surface area (Å²) in [5.74, 6) is -3.58. The van der Waals surface area contributed by atoms with Crippen LogP contribution in [-0.2, 0) is 15.4 Å². The average Bonchev–Trinajstić information content (AvgIpc) is 2.54. The zero-order valence-electron chi connectivity index (χ0n) is 13.0. The van der Waals surface area contributed by atoms with Gasteiger partial charge < -0.3 is 20.1 Å². The molecule has 0 aromatic heterocycles. The van der Waals surface area contributed by atoms with Crippen LogP contribution in [0.4, 0.5) is 0 Å². The van der Waals surface area contributed by atoms with Gasteiger partial charge in [-0.15, -0.1) is 0 Å². The Balaban J connectivity index is 2.16. The maximum atomic E-state index is 11.2. The van der Waals surface area contributed by atoms with Crippen molar-refractivity contribution in [2.24, 2.45) is 0 Å². The lowest BCUT2D eigenvalue weighted by Gasteiger charge is -2.34. The standard InChI is InChI=1S/C17H14ClNO6/c1-9(20)19-25-17(23)13(10-2-4-11(18)5-3-10)8-24-15-7-12(21)6-14(22)16(15)17/h2-8,21-23H,1H3,(H,19,20). The number of phenolic OH excluding ortho intramolecular Hbond substituents is 2. The van der Waals surface area contributed by atoms with Crippen molar-refractivity contribution in [2.75, 3.05) is 0 Å². The van der Waals surface area contributed by atoms with Crippen molar-refractivity contribution in [1.29, 1.82) is 0 Å². The molecule has 0 bridgehead atoms. The zero-order valence-corrected chi connectivity index (χ0v) is 13.7. The summed E-state index contributed by atoms with van der Waals surface area (Å²) >= 11 is 5.88. The molecule has 4 N–H and O–H groups in total. The van der Waals surface area contributed by atoms with Gasteiger partial charge >= 0.3 is 0 Å². The highest BCUT2D eigenvalue weighted by Crippen LogP contribution is 2.49. The van der Waals surface area contributed by atoms with Gasteiger partial charge in [0.15, 0.2) is 0 Å². The maximum absolute atomic E-state index is 11.2. The Labute approximate surface area is 147 Å². The Hall–Kier alpha value is -2.74. The highest BCUT2D eigenvalue weighted by molar-refractivity contribution is 6.30. The number of halogens is 1. The van der Waals surface area contributed by atoms with Gasteiger partial charge in [-0.05, 0) is 17.7 Å². The van der Waals surface area contributed by atoms with E-state index in [4.69, 9.17) is 21.2 Å². The van der Waals surface area contributed by atoms with E-state index in [1.54, 1.807) is 24.3 Å². The molecule has 1 aliphatic heterocycles. The van der Waals surface area contributed by atoms with Crippen LogP contribution >= 0.6 is 11.6 Å². The summed E-state index contributed by atoms with van der Waals surface area (Å²) in [4.78, 5) is 16.5. The molecular weight excluding hydrogens is 350 g/mol. The number of hydroxylamine groups is 1. The number of hydrogen-bond acceptors (Lipinski definition) is 6. The number of amides is 1. The number of aromatic hydroxyl groups is 2. The molecule has 2 aromatic rings. The van der Waals surface area contributed by atoms with Gasteiger partial charge in [0.2, 0.25) is 5.91 Å². The highest BCUT2D eigenvalue weighted by atomic mass is 35.5. The lowest BCUT2D eigenvalue weighted by atomic mass is 9.90. The molecule has 0 saturated heterocycles. The molecule has 1 unspecified atom stereocenters. The van der Waals surface area contributed by atoms with Gasteiger partial charge in [-0.25, -0.2) is 10.3 Å². The molecule has 2 aromatic carbocycles. The smallest absolute Gasteiger partial charge is 0.254 e. The zero-order chi connectivity index (χ0) is 18.2. The second kappa shape index (κ2) is 6.29. The monoisotopic (exact) mass is 363 g/mol. The number of rotatable bonds is 3. The third-order valence-electron chi connectivity index (χ3n) is 3.57. The van der Waals surface area contributed by atoms with Crippen molar-refractivity contribution >= 4 is 23.1 Å². The quantitative estimate of drug-likeness (QED) is 0.492. The van der Waals surface area contributed by atoms with Crippen LogP contribution in [0, 0.1) is 0 Å². The van der Waals surface area contributed by atoms with Crippen LogP contribution in [0.25, 0.3) is 5.57 Å². The topological polar surface area (TPSA) is 108 Å². The van der Waals surface area contributed by atoms with E-state index < -0.39 is 17.4 Å². The van der Waals surface area contributed by atoms with E-state index in [0.29, 0.717) is 10.6 Å². The van der Waals surface area contributed by atoms with Gasteiger partial charge in [-0.3, -0.25) is 4.79 Å². The van der Waals surface area contributed by atoms with E-state index in [1.165, 1.54) is 19.3 Å². The first-order valence-corrected chi connectivity index (χ1v) is 7.55. The Bertz CT molecular complexity index is 864. The second-order valence-electron chi connectivity index (χ2n) is 5.40. The maximum Gasteiger partial charge on any atom is 0.254 e. The molecule has 0 saturated carbocycles. The first kappa shape index (κ1) is 17.1. The summed E-state index contributed by atoms with van der Waals surface area (Å²) in [5.41, 5.74) is 2.50. The number of carbonyl (C=O) groups excluding carboxylic acids is 1. The number of aliphatic hydroxyl groups is 1. The predicted octanol–water partition coefficient (Wildman–Crippen LogP) is 2.40. The molecule has 25 heavy (non-hydrogen) atoms. The van der Waals surface area contributed by atoms with E-state index in [1.807, 2.05) is 0 Å². The molecule has 8 heteroatoms. The van der Waals surface area contributed by atoms with Crippen LogP contribution in [0.1, 0.15) is 18.1 Å². The third-order valence-corrected chi connectivity index (χ3v) is 3.82. The van der Waals surface area contributed by atoms with Crippen molar-refractivity contribution in [2.45, 2.75) is 12.7 Å². The Morgan fingerprint density at radius 2 is 1.92 bits per heavy atom. The van der Waals surface area contributed by atoms with E-state index >= 15 is 0 Å². The van der Waals surface area contributed by atoms with E-state index in [-0.39, 0.29) is 22.6 Å². The molecular formula is C17H14ClNO6. The minimum absolute atomic E-state index is 0.0249. The molecule has 0 spiro atoms. The fourth-order valence-electron chi connectivity index (χ4n) is 2.50. The molecule has 0 radical (unpaired) electrons. The van der Waals surface area contributed by atoms with Crippen LogP contribution in [0.3, 0.4) is 0 Å². The first-order chi connectivity index (χ1) is 11.8. The average molecular weight is 364 g/mol. The molecule has 7 nitrogen and oxygen atoms in total. The van der Waals surface area contributed by atoms with Gasteiger partial charge in [0, 0.05) is 24.1 Å². The first-order valence-electron chi connectivity index (χ1n) is 7.18. The van der Waals surface area contributed by atoms with E-state index in [9.17, 15) is 20.1 Å². The van der Waals surface area contributed by atoms with Crippen molar-refractivity contribution in [3.63, 3.8) is 0 Å². The van der Waals surface area contributed by atoms with Gasteiger partial charge in [0.1, 0.15) is 29.1 Å². The minimum Gasteiger partial charge on any atom is -0.508 e. The van der Waals surface area contributed by atoms with Crippen molar-refractivity contribution in [3.8, 4) is 17.2 Å². The van der Waals surface area contributed by atoms with Gasteiger partial charge in [-0.2, -0.15) is 0 Å². The van der Waals surface area contributed by atoms with E-state index in [2.05, 4.69) is 5.48 Å². The number of benzene rings is 2. The number of ether oxygens (including phenoxy) is 1. The fourth-order valence-corrected chi connectivity index (χ4v) is 2.63. The normalized spacial score (nSPS) is 18.8. The van der Waals surface area contributed by atoms with Gasteiger partial charge in [-0.1, -0.05) is 23.7 Å². The summed E-state index contributed by atoms with van der Waals surface area (Å²) in [5, 5.41) is 31.5. The summed E-state index contributed by atoms with van der Waals surface area (Å²) in [7, 11) is 0. The summed E-state index contributed by atoms with van der Waals surface area (Å²) in [6, 6.07) is 8.65. The minimum atomic E-state index is -2.26. The molecule has 0 aliphatic carbocycles. The lowest BCUT2D eigenvalue weighted by molar-refractivity contribution is -0.211. The molecule has 1 amide bonds. The second-order valence-corrected chi connectivity index (χ2v) is 5.84. The van der Waals surface area contributed by atoms with Crippen LogP contribution in [0.2, 0.25) is 5.02 Å². The third kappa shape index (κ3) is 3.12. The van der Waals surface area contributed by atoms with Crippen molar-refractivity contribution < 1.29 is 29.7 Å². The molecule has 1 heterocycles. The van der Waals surface area contributed by atoms with Gasteiger partial charge in [0.05, 0.1) is 5.57 Å². The highest BCUT2D eigenvalue weighted by Gasteiger charge is 2.45. The van der Waals surface area contributed by atoms with Crippen LogP contribution in [0.5, 0.6) is 17.2 Å². The van der Waals surface area contributed by atoms with Gasteiger partial charge in [0.25, 0.3) is 5.79 Å². The number of carbonyl (C=O) groups is 1. The Morgan fingerprint density at radius 3 is 2.56 bits per heavy atom. The number of fused-ring (bicyclic) bond motifs is 1. The predicted molar refractivity (Wildman–Crippen MR) is 88.6 cm³/mol. The SMILES string of the molecule is CC(=O)NOC1(O)C(c2ccc(Cl)cc2)=COc2cc(O)cc(O)c21. The van der Waals surface area contributed by atoms with Crippen LogP contribution < -0.4 is 10.2 Å².